The number of fused-ring (bicyclic) bond motifs is 1. The number of anilines is 1. The molecule has 2 fully saturated rings. The lowest BCUT2D eigenvalue weighted by Gasteiger charge is -2.18. The first-order chi connectivity index (χ1) is 12.0. The Kier molecular flexibility index (Phi) is 5.57. The van der Waals surface area contributed by atoms with Gasteiger partial charge in [-0.05, 0) is 18.6 Å². The first-order valence-electron chi connectivity index (χ1n) is 8.24. The smallest absolute Gasteiger partial charge is 0.412 e. The molecule has 4 atom stereocenters. The van der Waals surface area contributed by atoms with Crippen molar-refractivity contribution in [3.63, 3.8) is 0 Å². The number of amides is 1. The molecule has 2 heterocycles. The van der Waals surface area contributed by atoms with Crippen LogP contribution in [0.3, 0.4) is 0 Å². The summed E-state index contributed by atoms with van der Waals surface area (Å²) in [5, 5.41) is 2.63. The van der Waals surface area contributed by atoms with Crippen molar-refractivity contribution in [1.29, 1.82) is 0 Å². The van der Waals surface area contributed by atoms with E-state index < -0.39 is 40.5 Å². The van der Waals surface area contributed by atoms with E-state index in [0.717, 1.165) is 0 Å². The molecule has 1 aromatic rings. The van der Waals surface area contributed by atoms with Crippen molar-refractivity contribution >= 4 is 21.8 Å². The third kappa shape index (κ3) is 4.49. The van der Waals surface area contributed by atoms with Crippen LogP contribution >= 0.6 is 0 Å². The number of rotatable bonds is 6. The van der Waals surface area contributed by atoms with Gasteiger partial charge in [0.2, 0.25) is 10.0 Å². The fourth-order valence-electron chi connectivity index (χ4n) is 3.03. The van der Waals surface area contributed by atoms with Crippen LogP contribution in [0.1, 0.15) is 13.3 Å². The average Bonchev–Trinajstić information content (AvgIpc) is 3.12. The van der Waals surface area contributed by atoms with Gasteiger partial charge >= 0.3 is 6.09 Å². The van der Waals surface area contributed by atoms with E-state index in [4.69, 9.17) is 14.2 Å². The quantitative estimate of drug-likeness (QED) is 0.777. The maximum atomic E-state index is 12.0. The molecule has 2 saturated heterocycles. The molecule has 0 bridgehead atoms. The van der Waals surface area contributed by atoms with E-state index >= 15 is 0 Å². The van der Waals surface area contributed by atoms with Crippen LogP contribution in [0.4, 0.5) is 10.5 Å². The SMILES string of the molecule is CCCS(=O)(=O)N[C@@H]1CO[C@@H]2[C@@H]1OC[C@H]2OC(=O)Nc1ccccc1. The standard InChI is InChI=1S/C16H22N2O6S/c1-2-8-25(20,21)18-12-9-22-15-13(10-23-14(12)15)24-16(19)17-11-6-4-3-5-7-11/h3-7,12-15,18H,2,8-10H2,1H3,(H,17,19)/t12-,13-,14-,15+/m1/s1. The Morgan fingerprint density at radius 1 is 1.20 bits per heavy atom. The van der Waals surface area contributed by atoms with Gasteiger partial charge in [0.05, 0.1) is 25.0 Å². The van der Waals surface area contributed by atoms with E-state index in [1.807, 2.05) is 6.07 Å². The van der Waals surface area contributed by atoms with Crippen molar-refractivity contribution in [2.24, 2.45) is 0 Å². The van der Waals surface area contributed by atoms with Gasteiger partial charge in [0.1, 0.15) is 12.2 Å². The molecular formula is C16H22N2O6S. The number of ether oxygens (including phenoxy) is 3. The van der Waals surface area contributed by atoms with Crippen LogP contribution in [-0.4, -0.2) is 57.8 Å². The highest BCUT2D eigenvalue weighted by molar-refractivity contribution is 7.89. The number of nitrogens with one attached hydrogen (secondary N) is 2. The van der Waals surface area contributed by atoms with Gasteiger partial charge in [-0.15, -0.1) is 0 Å². The third-order valence-corrected chi connectivity index (χ3v) is 5.70. The van der Waals surface area contributed by atoms with Gasteiger partial charge in [0.15, 0.2) is 6.10 Å². The fraction of sp³-hybridized carbons (Fsp3) is 0.562. The van der Waals surface area contributed by atoms with Gasteiger partial charge < -0.3 is 14.2 Å². The Labute approximate surface area is 146 Å². The molecule has 1 amide bonds. The normalized spacial score (nSPS) is 28.5. The lowest BCUT2D eigenvalue weighted by molar-refractivity contribution is 0.00883. The van der Waals surface area contributed by atoms with Crippen molar-refractivity contribution in [2.45, 2.75) is 37.7 Å². The molecule has 0 saturated carbocycles. The van der Waals surface area contributed by atoms with Crippen molar-refractivity contribution in [1.82, 2.24) is 4.72 Å². The van der Waals surface area contributed by atoms with Gasteiger partial charge in [-0.2, -0.15) is 0 Å². The Morgan fingerprint density at radius 2 is 1.92 bits per heavy atom. The zero-order valence-electron chi connectivity index (χ0n) is 13.9. The van der Waals surface area contributed by atoms with Crippen LogP contribution in [0.2, 0.25) is 0 Å². The molecule has 0 aromatic heterocycles. The summed E-state index contributed by atoms with van der Waals surface area (Å²) in [5.74, 6) is 0.0559. The van der Waals surface area contributed by atoms with Gasteiger partial charge in [0.25, 0.3) is 0 Å². The lowest BCUT2D eigenvalue weighted by atomic mass is 10.1. The Balaban J connectivity index is 1.54. The molecule has 0 radical (unpaired) electrons. The Morgan fingerprint density at radius 3 is 2.64 bits per heavy atom. The zero-order chi connectivity index (χ0) is 17.9. The second-order valence-electron chi connectivity index (χ2n) is 6.07. The highest BCUT2D eigenvalue weighted by Gasteiger charge is 2.50. The largest absolute Gasteiger partial charge is 0.441 e. The minimum Gasteiger partial charge on any atom is -0.441 e. The molecule has 25 heavy (non-hydrogen) atoms. The number of para-hydroxylation sites is 1. The number of carbonyl (C=O) groups is 1. The van der Waals surface area contributed by atoms with Gasteiger partial charge in [-0.1, -0.05) is 25.1 Å². The van der Waals surface area contributed by atoms with Crippen LogP contribution in [0.25, 0.3) is 0 Å². The number of hydrogen-bond donors (Lipinski definition) is 2. The van der Waals surface area contributed by atoms with Crippen molar-refractivity contribution in [3.8, 4) is 0 Å². The molecule has 8 nitrogen and oxygen atoms in total. The highest BCUT2D eigenvalue weighted by Crippen LogP contribution is 2.29. The maximum absolute atomic E-state index is 12.0. The number of benzene rings is 1. The van der Waals surface area contributed by atoms with E-state index in [9.17, 15) is 13.2 Å². The first-order valence-corrected chi connectivity index (χ1v) is 9.89. The van der Waals surface area contributed by atoms with Crippen LogP contribution in [0.5, 0.6) is 0 Å². The van der Waals surface area contributed by atoms with Crippen molar-refractivity contribution < 1.29 is 27.4 Å². The second-order valence-corrected chi connectivity index (χ2v) is 7.95. The minimum atomic E-state index is -3.37. The molecule has 0 aliphatic carbocycles. The zero-order valence-corrected chi connectivity index (χ0v) is 14.7. The summed E-state index contributed by atoms with van der Waals surface area (Å²) in [6, 6.07) is 8.49. The lowest BCUT2D eigenvalue weighted by Crippen LogP contribution is -2.45. The summed E-state index contributed by atoms with van der Waals surface area (Å²) in [5.41, 5.74) is 0.625. The number of sulfonamides is 1. The second kappa shape index (κ2) is 7.69. The molecule has 2 N–H and O–H groups in total. The average molecular weight is 370 g/mol. The molecule has 2 aliphatic rings. The number of hydrogen-bond acceptors (Lipinski definition) is 6. The molecule has 1 aromatic carbocycles. The molecule has 0 spiro atoms. The Hall–Kier alpha value is -1.68. The van der Waals surface area contributed by atoms with Gasteiger partial charge in [-0.3, -0.25) is 5.32 Å². The van der Waals surface area contributed by atoms with Crippen LogP contribution in [-0.2, 0) is 24.2 Å². The summed E-state index contributed by atoms with van der Waals surface area (Å²) in [4.78, 5) is 12.0. The predicted molar refractivity (Wildman–Crippen MR) is 90.8 cm³/mol. The van der Waals surface area contributed by atoms with Gasteiger partial charge in [0, 0.05) is 5.69 Å². The topological polar surface area (TPSA) is 103 Å². The summed E-state index contributed by atoms with van der Waals surface area (Å²) in [7, 11) is -3.37. The van der Waals surface area contributed by atoms with E-state index in [2.05, 4.69) is 10.0 Å². The third-order valence-electron chi connectivity index (χ3n) is 4.09. The number of carbonyl (C=O) groups excluding carboxylic acids is 1. The van der Waals surface area contributed by atoms with E-state index in [-0.39, 0.29) is 19.0 Å². The van der Waals surface area contributed by atoms with Crippen molar-refractivity contribution in [2.75, 3.05) is 24.3 Å². The van der Waals surface area contributed by atoms with Gasteiger partial charge in [-0.25, -0.2) is 17.9 Å². The summed E-state index contributed by atoms with van der Waals surface area (Å²) in [6.45, 7) is 2.16. The molecule has 9 heteroatoms. The summed E-state index contributed by atoms with van der Waals surface area (Å²) < 4.78 is 43.1. The first kappa shape index (κ1) is 18.1. The van der Waals surface area contributed by atoms with Crippen molar-refractivity contribution in [3.05, 3.63) is 30.3 Å². The fourth-order valence-corrected chi connectivity index (χ4v) is 4.35. The highest BCUT2D eigenvalue weighted by atomic mass is 32.2. The summed E-state index contributed by atoms with van der Waals surface area (Å²) >= 11 is 0. The molecule has 3 rings (SSSR count). The molecular weight excluding hydrogens is 348 g/mol. The summed E-state index contributed by atoms with van der Waals surface area (Å²) in [6.07, 6.45) is -1.58. The van der Waals surface area contributed by atoms with E-state index in [1.54, 1.807) is 31.2 Å². The van der Waals surface area contributed by atoms with Crippen LogP contribution < -0.4 is 10.0 Å². The molecule has 0 unspecified atom stereocenters. The maximum Gasteiger partial charge on any atom is 0.412 e. The van der Waals surface area contributed by atoms with E-state index in [1.165, 1.54) is 0 Å². The molecule has 2 aliphatic heterocycles. The van der Waals surface area contributed by atoms with Crippen LogP contribution in [0.15, 0.2) is 30.3 Å². The molecule has 138 valence electrons. The Bertz CT molecular complexity index is 696. The van der Waals surface area contributed by atoms with E-state index in [0.29, 0.717) is 12.1 Å². The van der Waals surface area contributed by atoms with Crippen LogP contribution in [0, 0.1) is 0 Å². The monoisotopic (exact) mass is 370 g/mol. The minimum absolute atomic E-state index is 0.0559. The predicted octanol–water partition coefficient (Wildman–Crippen LogP) is 1.10.